The molecule has 3 aromatic rings. The number of nitrogens with zero attached hydrogens (tertiary/aromatic N) is 2. The highest BCUT2D eigenvalue weighted by Gasteiger charge is 2.20. The number of aromatic nitrogens is 3. The van der Waals surface area contributed by atoms with Crippen molar-refractivity contribution in [1.29, 1.82) is 0 Å². The first kappa shape index (κ1) is 13.1. The Kier molecular flexibility index (Phi) is 3.06. The van der Waals surface area contributed by atoms with E-state index in [1.165, 1.54) is 0 Å². The lowest BCUT2D eigenvalue weighted by Gasteiger charge is -1.96. The second-order valence-electron chi connectivity index (χ2n) is 4.71. The van der Waals surface area contributed by atoms with Gasteiger partial charge < -0.3 is 14.6 Å². The van der Waals surface area contributed by atoms with Crippen LogP contribution >= 0.6 is 0 Å². The lowest BCUT2D eigenvalue weighted by molar-refractivity contribution is 0.112. The van der Waals surface area contributed by atoms with Crippen molar-refractivity contribution in [1.82, 2.24) is 15.1 Å². The van der Waals surface area contributed by atoms with E-state index in [1.807, 2.05) is 0 Å². The molecule has 0 spiro atoms. The molecule has 2 aromatic heterocycles. The maximum absolute atomic E-state index is 11.3. The molecule has 0 aliphatic heterocycles. The number of benzene rings is 1. The van der Waals surface area contributed by atoms with Crippen molar-refractivity contribution in [3.63, 3.8) is 0 Å². The molecule has 0 radical (unpaired) electrons. The van der Waals surface area contributed by atoms with E-state index in [9.17, 15) is 9.90 Å². The molecule has 0 fully saturated rings. The number of aryl methyl sites for hydroxylation is 2. The summed E-state index contributed by atoms with van der Waals surface area (Å²) in [4.78, 5) is 18.7. The molecule has 3 rings (SSSR count). The largest absolute Gasteiger partial charge is 0.508 e. The first-order valence-corrected chi connectivity index (χ1v) is 6.38. The van der Waals surface area contributed by atoms with Crippen molar-refractivity contribution in [2.75, 3.05) is 0 Å². The van der Waals surface area contributed by atoms with E-state index >= 15 is 0 Å². The number of nitrogens with one attached hydrogen (secondary N) is 1. The van der Waals surface area contributed by atoms with Gasteiger partial charge in [0.1, 0.15) is 28.7 Å². The third kappa shape index (κ3) is 2.20. The third-order valence-electron chi connectivity index (χ3n) is 3.26. The molecule has 0 amide bonds. The van der Waals surface area contributed by atoms with Gasteiger partial charge in [0.2, 0.25) is 0 Å². The number of hydrogen-bond donors (Lipinski definition) is 2. The summed E-state index contributed by atoms with van der Waals surface area (Å²) in [5, 5.41) is 13.2. The molecule has 0 bridgehead atoms. The van der Waals surface area contributed by atoms with E-state index in [0.29, 0.717) is 28.7 Å². The van der Waals surface area contributed by atoms with Crippen LogP contribution in [0.25, 0.3) is 22.6 Å². The molecular weight excluding hydrogens is 270 g/mol. The smallest absolute Gasteiger partial charge is 0.168 e. The van der Waals surface area contributed by atoms with Gasteiger partial charge in [-0.1, -0.05) is 5.16 Å². The summed E-state index contributed by atoms with van der Waals surface area (Å²) in [7, 11) is 0. The van der Waals surface area contributed by atoms with E-state index in [0.717, 1.165) is 17.4 Å². The lowest BCUT2D eigenvalue weighted by Crippen LogP contribution is -1.88. The van der Waals surface area contributed by atoms with Crippen LogP contribution in [0.4, 0.5) is 0 Å². The minimum absolute atomic E-state index is 0.173. The average Bonchev–Trinajstić information content (AvgIpc) is 3.03. The van der Waals surface area contributed by atoms with Gasteiger partial charge in [-0.15, -0.1) is 0 Å². The van der Waals surface area contributed by atoms with E-state index < -0.39 is 0 Å². The number of aldehydes is 1. The highest BCUT2D eigenvalue weighted by molar-refractivity contribution is 5.86. The molecule has 0 unspecified atom stereocenters. The van der Waals surface area contributed by atoms with Crippen molar-refractivity contribution >= 4 is 6.29 Å². The summed E-state index contributed by atoms with van der Waals surface area (Å²) in [5.41, 5.74) is 3.06. The fraction of sp³-hybridized carbons (Fsp3) is 0.133. The van der Waals surface area contributed by atoms with Gasteiger partial charge in [0, 0.05) is 5.56 Å². The van der Waals surface area contributed by atoms with Gasteiger partial charge >= 0.3 is 0 Å². The third-order valence-corrected chi connectivity index (χ3v) is 3.26. The van der Waals surface area contributed by atoms with Gasteiger partial charge in [0.15, 0.2) is 6.29 Å². The van der Waals surface area contributed by atoms with Gasteiger partial charge in [-0.3, -0.25) is 4.79 Å². The van der Waals surface area contributed by atoms with Gasteiger partial charge in [-0.25, -0.2) is 4.98 Å². The topological polar surface area (TPSA) is 92.0 Å². The summed E-state index contributed by atoms with van der Waals surface area (Å²) in [5.74, 6) is 1.33. The lowest BCUT2D eigenvalue weighted by atomic mass is 10.1. The number of rotatable bonds is 3. The Morgan fingerprint density at radius 3 is 2.52 bits per heavy atom. The van der Waals surface area contributed by atoms with Crippen LogP contribution in [0.5, 0.6) is 5.75 Å². The quantitative estimate of drug-likeness (QED) is 0.721. The van der Waals surface area contributed by atoms with Crippen molar-refractivity contribution in [2.24, 2.45) is 0 Å². The number of carbonyl (C=O) groups excluding carboxylic acids is 1. The number of hydrogen-bond acceptors (Lipinski definition) is 5. The van der Waals surface area contributed by atoms with Crippen molar-refractivity contribution in [3.8, 4) is 28.4 Å². The van der Waals surface area contributed by atoms with Gasteiger partial charge in [-0.2, -0.15) is 0 Å². The van der Waals surface area contributed by atoms with Crippen molar-refractivity contribution in [2.45, 2.75) is 13.8 Å². The second-order valence-corrected chi connectivity index (χ2v) is 4.71. The predicted octanol–water partition coefficient (Wildman–Crippen LogP) is 2.87. The van der Waals surface area contributed by atoms with Crippen LogP contribution in [-0.2, 0) is 0 Å². The fourth-order valence-corrected chi connectivity index (χ4v) is 2.24. The summed E-state index contributed by atoms with van der Waals surface area (Å²) < 4.78 is 5.13. The number of carbonyl (C=O) groups is 1. The first-order chi connectivity index (χ1) is 10.1. The Labute approximate surface area is 120 Å². The Hall–Kier alpha value is -2.89. The van der Waals surface area contributed by atoms with Crippen molar-refractivity contribution in [3.05, 3.63) is 41.4 Å². The summed E-state index contributed by atoms with van der Waals surface area (Å²) in [6, 6.07) is 6.57. The molecule has 106 valence electrons. The summed E-state index contributed by atoms with van der Waals surface area (Å²) >= 11 is 0. The van der Waals surface area contributed by atoms with Crippen LogP contribution in [-0.4, -0.2) is 26.5 Å². The Bertz CT molecular complexity index is 781. The minimum atomic E-state index is 0.173. The number of phenols is 1. The molecule has 6 nitrogen and oxygen atoms in total. The Morgan fingerprint density at radius 1 is 1.24 bits per heavy atom. The molecule has 0 saturated carbocycles. The van der Waals surface area contributed by atoms with Crippen molar-refractivity contribution < 1.29 is 14.4 Å². The SMILES string of the molecule is Cc1noc(C)c1-c1nc(-c2ccc(O)cc2)[nH]c1C=O. The maximum atomic E-state index is 11.3. The zero-order valence-corrected chi connectivity index (χ0v) is 11.5. The standard InChI is InChI=1S/C15H13N3O3/c1-8-13(9(2)21-18-8)14-12(7-19)16-15(17-14)10-3-5-11(20)6-4-10/h3-7,20H,1-2H3,(H,16,17). The number of aromatic hydroxyl groups is 1. The average molecular weight is 283 g/mol. The Morgan fingerprint density at radius 2 is 1.95 bits per heavy atom. The number of phenolic OH excluding ortho intramolecular Hbond substituents is 1. The van der Waals surface area contributed by atoms with Gasteiger partial charge in [0.05, 0.1) is 11.3 Å². The number of H-pyrrole nitrogens is 1. The first-order valence-electron chi connectivity index (χ1n) is 6.38. The molecule has 2 N–H and O–H groups in total. The molecule has 2 heterocycles. The molecule has 0 saturated heterocycles. The summed E-state index contributed by atoms with van der Waals surface area (Å²) in [6.07, 6.45) is 0.720. The number of imidazole rings is 1. The minimum Gasteiger partial charge on any atom is -0.508 e. The predicted molar refractivity (Wildman–Crippen MR) is 76.0 cm³/mol. The van der Waals surface area contributed by atoms with E-state index in [-0.39, 0.29) is 5.75 Å². The zero-order valence-electron chi connectivity index (χ0n) is 11.5. The molecular formula is C15H13N3O3. The van der Waals surface area contributed by atoms with E-state index in [1.54, 1.807) is 38.1 Å². The normalized spacial score (nSPS) is 10.8. The van der Waals surface area contributed by atoms with E-state index in [4.69, 9.17) is 4.52 Å². The van der Waals surface area contributed by atoms with E-state index in [2.05, 4.69) is 15.1 Å². The van der Waals surface area contributed by atoms with Gasteiger partial charge in [-0.05, 0) is 38.1 Å². The molecule has 0 aliphatic carbocycles. The van der Waals surface area contributed by atoms with Crippen LogP contribution in [0.3, 0.4) is 0 Å². The highest BCUT2D eigenvalue weighted by Crippen LogP contribution is 2.30. The fourth-order valence-electron chi connectivity index (χ4n) is 2.24. The monoisotopic (exact) mass is 283 g/mol. The van der Waals surface area contributed by atoms with Crippen LogP contribution in [0.15, 0.2) is 28.8 Å². The summed E-state index contributed by atoms with van der Waals surface area (Å²) in [6.45, 7) is 3.58. The van der Waals surface area contributed by atoms with Crippen LogP contribution < -0.4 is 0 Å². The molecule has 0 aliphatic rings. The molecule has 0 atom stereocenters. The second kappa shape index (κ2) is 4.90. The van der Waals surface area contributed by atoms with Crippen LogP contribution in [0, 0.1) is 13.8 Å². The molecule has 6 heteroatoms. The highest BCUT2D eigenvalue weighted by atomic mass is 16.5. The van der Waals surface area contributed by atoms with Crippen LogP contribution in [0.2, 0.25) is 0 Å². The van der Waals surface area contributed by atoms with Gasteiger partial charge in [0.25, 0.3) is 0 Å². The molecule has 21 heavy (non-hydrogen) atoms. The maximum Gasteiger partial charge on any atom is 0.168 e. The molecule has 1 aromatic carbocycles. The Balaban J connectivity index is 2.15. The zero-order chi connectivity index (χ0) is 15.0. The van der Waals surface area contributed by atoms with Crippen LogP contribution in [0.1, 0.15) is 21.9 Å². The number of aromatic amines is 1.